The molecule has 5 rings (SSSR count). The van der Waals surface area contributed by atoms with Crippen LogP contribution in [-0.4, -0.2) is 39.8 Å². The van der Waals surface area contributed by atoms with Gasteiger partial charge in [0.05, 0.1) is 23.9 Å². The number of carbonyl (C=O) groups excluding carboxylic acids is 1. The van der Waals surface area contributed by atoms with Crippen molar-refractivity contribution in [2.45, 2.75) is 57.2 Å². The number of carbonyl (C=O) groups is 1. The van der Waals surface area contributed by atoms with Gasteiger partial charge in [-0.15, -0.1) is 0 Å². The largest absolute Gasteiger partial charge is 0.379 e. The molecule has 0 saturated heterocycles. The molecule has 0 bridgehead atoms. The van der Waals surface area contributed by atoms with E-state index >= 15 is 0 Å². The van der Waals surface area contributed by atoms with Gasteiger partial charge >= 0.3 is 0 Å². The average Bonchev–Trinajstić information content (AvgIpc) is 3.42. The first-order valence-electron chi connectivity index (χ1n) is 11.2. The number of amides is 1. The van der Waals surface area contributed by atoms with E-state index in [0.29, 0.717) is 0 Å². The molecule has 3 unspecified atom stereocenters. The molecule has 2 aromatic carbocycles. The number of hydrogen-bond donors (Lipinski definition) is 0. The van der Waals surface area contributed by atoms with Crippen LogP contribution in [0.3, 0.4) is 0 Å². The Morgan fingerprint density at radius 3 is 2.71 bits per heavy atom. The van der Waals surface area contributed by atoms with Gasteiger partial charge in [0.15, 0.2) is 0 Å². The molecule has 3 aromatic rings. The van der Waals surface area contributed by atoms with E-state index in [1.807, 2.05) is 35.1 Å². The minimum Gasteiger partial charge on any atom is -0.379 e. The van der Waals surface area contributed by atoms with Crippen LogP contribution in [0.25, 0.3) is 5.69 Å². The summed E-state index contributed by atoms with van der Waals surface area (Å²) in [6, 6.07) is 16.7. The molecule has 0 N–H and O–H groups in total. The van der Waals surface area contributed by atoms with Crippen molar-refractivity contribution < 1.29 is 9.53 Å². The highest BCUT2D eigenvalue weighted by atomic mass is 16.5. The van der Waals surface area contributed by atoms with Crippen molar-refractivity contribution in [3.05, 3.63) is 83.2 Å². The first-order valence-corrected chi connectivity index (χ1v) is 11.2. The number of hydrogen-bond acceptors (Lipinski definition) is 3. The summed E-state index contributed by atoms with van der Waals surface area (Å²) in [6.07, 6.45) is 9.01. The highest BCUT2D eigenvalue weighted by Gasteiger charge is 2.43. The van der Waals surface area contributed by atoms with E-state index in [-0.39, 0.29) is 24.1 Å². The van der Waals surface area contributed by atoms with Gasteiger partial charge < -0.3 is 9.64 Å². The molecule has 0 spiro atoms. The molecule has 2 heterocycles. The van der Waals surface area contributed by atoms with Gasteiger partial charge in [-0.05, 0) is 61.1 Å². The molecule has 5 nitrogen and oxygen atoms in total. The number of ether oxygens (including phenoxy) is 1. The summed E-state index contributed by atoms with van der Waals surface area (Å²) in [6.45, 7) is 2.12. The van der Waals surface area contributed by atoms with Crippen molar-refractivity contribution in [3.8, 4) is 5.69 Å². The number of benzene rings is 2. The van der Waals surface area contributed by atoms with Crippen molar-refractivity contribution in [1.29, 1.82) is 0 Å². The number of aromatic nitrogens is 2. The smallest absolute Gasteiger partial charge is 0.255 e. The van der Waals surface area contributed by atoms with Crippen molar-refractivity contribution >= 4 is 5.91 Å². The molecular weight excluding hydrogens is 386 g/mol. The fourth-order valence-corrected chi connectivity index (χ4v) is 5.41. The Bertz CT molecular complexity index is 1080. The first kappa shape index (κ1) is 20.0. The van der Waals surface area contributed by atoms with Gasteiger partial charge in [-0.2, -0.15) is 5.10 Å². The molecule has 31 heavy (non-hydrogen) atoms. The highest BCUT2D eigenvalue weighted by Crippen LogP contribution is 2.41. The van der Waals surface area contributed by atoms with Crippen molar-refractivity contribution in [3.63, 3.8) is 0 Å². The van der Waals surface area contributed by atoms with E-state index in [2.05, 4.69) is 41.2 Å². The van der Waals surface area contributed by atoms with E-state index in [1.54, 1.807) is 13.3 Å². The maximum Gasteiger partial charge on any atom is 0.255 e. The van der Waals surface area contributed by atoms with Crippen LogP contribution in [0.15, 0.2) is 60.9 Å². The summed E-state index contributed by atoms with van der Waals surface area (Å²) < 4.78 is 7.73. The molecule has 1 aliphatic heterocycles. The van der Waals surface area contributed by atoms with Crippen molar-refractivity contribution in [1.82, 2.24) is 14.7 Å². The van der Waals surface area contributed by atoms with Crippen LogP contribution in [0.4, 0.5) is 0 Å². The van der Waals surface area contributed by atoms with Gasteiger partial charge in [0.1, 0.15) is 0 Å². The summed E-state index contributed by atoms with van der Waals surface area (Å²) in [7, 11) is 1.78. The standard InChI is InChI=1S/C26H29N3O2/c1-18-16-19(12-13-22(18)28-15-7-14-27-28)17-24-20-8-3-4-9-21(20)26(30)29(24)23-10-5-6-11-25(23)31-2/h3-4,7-9,12-16,23-25H,5-6,10-11,17H2,1-2H3. The van der Waals surface area contributed by atoms with E-state index in [1.165, 1.54) is 17.5 Å². The molecule has 5 heteroatoms. The Balaban J connectivity index is 1.49. The van der Waals surface area contributed by atoms with Crippen molar-refractivity contribution in [2.75, 3.05) is 7.11 Å². The molecule has 0 radical (unpaired) electrons. The lowest BCUT2D eigenvalue weighted by Gasteiger charge is -2.40. The fraction of sp³-hybridized carbons (Fsp3) is 0.385. The molecule has 1 fully saturated rings. The Morgan fingerprint density at radius 1 is 1.10 bits per heavy atom. The molecule has 1 aromatic heterocycles. The van der Waals surface area contributed by atoms with E-state index in [4.69, 9.17) is 4.74 Å². The van der Waals surface area contributed by atoms with E-state index in [0.717, 1.165) is 42.5 Å². The quantitative estimate of drug-likeness (QED) is 0.597. The second-order valence-corrected chi connectivity index (χ2v) is 8.72. The highest BCUT2D eigenvalue weighted by molar-refractivity contribution is 5.99. The molecule has 1 saturated carbocycles. The molecule has 1 amide bonds. The average molecular weight is 416 g/mol. The van der Waals surface area contributed by atoms with Crippen LogP contribution >= 0.6 is 0 Å². The lowest BCUT2D eigenvalue weighted by molar-refractivity contribution is -0.0156. The molecule has 2 aliphatic rings. The zero-order valence-electron chi connectivity index (χ0n) is 18.2. The minimum absolute atomic E-state index is 0.0411. The summed E-state index contributed by atoms with van der Waals surface area (Å²) >= 11 is 0. The van der Waals surface area contributed by atoms with Gasteiger partial charge in [-0.25, -0.2) is 4.68 Å². The topological polar surface area (TPSA) is 47.4 Å². The second-order valence-electron chi connectivity index (χ2n) is 8.72. The predicted molar refractivity (Wildman–Crippen MR) is 120 cm³/mol. The fourth-order valence-electron chi connectivity index (χ4n) is 5.41. The van der Waals surface area contributed by atoms with Crippen LogP contribution in [0.1, 0.15) is 58.8 Å². The maximum absolute atomic E-state index is 13.5. The normalized spacial score (nSPS) is 23.2. The van der Waals surface area contributed by atoms with Gasteiger partial charge in [0.25, 0.3) is 5.91 Å². The molecule has 1 aliphatic carbocycles. The lowest BCUT2D eigenvalue weighted by Crippen LogP contribution is -2.48. The third-order valence-electron chi connectivity index (χ3n) is 6.89. The summed E-state index contributed by atoms with van der Waals surface area (Å²) in [4.78, 5) is 15.6. The molecule has 3 atom stereocenters. The van der Waals surface area contributed by atoms with Gasteiger partial charge in [0.2, 0.25) is 0 Å². The number of aryl methyl sites for hydroxylation is 1. The second kappa shape index (κ2) is 8.31. The van der Waals surface area contributed by atoms with Crippen LogP contribution in [0.5, 0.6) is 0 Å². The predicted octanol–water partition coefficient (Wildman–Crippen LogP) is 4.88. The minimum atomic E-state index is 0.0411. The number of rotatable bonds is 5. The number of methoxy groups -OCH3 is 1. The molecule has 160 valence electrons. The summed E-state index contributed by atoms with van der Waals surface area (Å²) in [5.74, 6) is 0.152. The van der Waals surface area contributed by atoms with Crippen molar-refractivity contribution in [2.24, 2.45) is 0 Å². The summed E-state index contributed by atoms with van der Waals surface area (Å²) in [5, 5.41) is 4.36. The van der Waals surface area contributed by atoms with Crippen LogP contribution in [0.2, 0.25) is 0 Å². The Hall–Kier alpha value is -2.92. The van der Waals surface area contributed by atoms with Gasteiger partial charge in [-0.3, -0.25) is 4.79 Å². The zero-order valence-corrected chi connectivity index (χ0v) is 18.2. The number of fused-ring (bicyclic) bond motifs is 1. The summed E-state index contributed by atoms with van der Waals surface area (Å²) in [5.41, 5.74) is 5.48. The Labute approximate surface area is 183 Å². The monoisotopic (exact) mass is 415 g/mol. The third kappa shape index (κ3) is 3.57. The Kier molecular flexibility index (Phi) is 5.36. The zero-order chi connectivity index (χ0) is 21.4. The van der Waals surface area contributed by atoms with Crippen LogP contribution in [0, 0.1) is 6.92 Å². The van der Waals surface area contributed by atoms with Gasteiger partial charge in [0, 0.05) is 25.1 Å². The van der Waals surface area contributed by atoms with E-state index < -0.39 is 0 Å². The van der Waals surface area contributed by atoms with Crippen LogP contribution in [-0.2, 0) is 11.2 Å². The Morgan fingerprint density at radius 2 is 1.94 bits per heavy atom. The maximum atomic E-state index is 13.5. The molecular formula is C26H29N3O2. The first-order chi connectivity index (χ1) is 15.2. The number of nitrogens with zero attached hydrogens (tertiary/aromatic N) is 3. The SMILES string of the molecule is COC1CCCCC1N1C(=O)c2ccccc2C1Cc1ccc(-n2cccn2)c(C)c1. The third-order valence-corrected chi connectivity index (χ3v) is 6.89. The van der Waals surface area contributed by atoms with Crippen LogP contribution < -0.4 is 0 Å². The van der Waals surface area contributed by atoms with E-state index in [9.17, 15) is 4.79 Å². The lowest BCUT2D eigenvalue weighted by atomic mass is 9.89. The van der Waals surface area contributed by atoms with Gasteiger partial charge in [-0.1, -0.05) is 43.2 Å².